The number of nitrogens with zero attached hydrogens (tertiary/aromatic N) is 3. The van der Waals surface area contributed by atoms with E-state index in [1.54, 1.807) is 4.90 Å². The van der Waals surface area contributed by atoms with Gasteiger partial charge >= 0.3 is 0 Å². The quantitative estimate of drug-likeness (QED) is 0.169. The molecule has 5 amide bonds. The van der Waals surface area contributed by atoms with E-state index in [-0.39, 0.29) is 41.3 Å². The molecule has 0 bridgehead atoms. The molecular weight excluding hydrogens is 650 g/mol. The van der Waals surface area contributed by atoms with Crippen LogP contribution in [0.15, 0.2) is 31.2 Å². The fourth-order valence-corrected chi connectivity index (χ4v) is 8.32. The van der Waals surface area contributed by atoms with Gasteiger partial charge in [0.05, 0.1) is 12.2 Å². The van der Waals surface area contributed by atoms with Gasteiger partial charge in [-0.05, 0) is 53.8 Å². The lowest BCUT2D eigenvalue weighted by Crippen LogP contribution is -2.63. The number of rotatable bonds is 14. The number of likely N-dealkylation sites (tertiary alicyclic amines) is 1. The van der Waals surface area contributed by atoms with Crippen LogP contribution in [0.1, 0.15) is 103 Å². The first-order valence-electron chi connectivity index (χ1n) is 18.6. The van der Waals surface area contributed by atoms with Crippen molar-refractivity contribution in [3.8, 4) is 0 Å². The molecule has 6 unspecified atom stereocenters. The lowest BCUT2D eigenvalue weighted by molar-refractivity contribution is -0.147. The SMILES string of the molecule is C=CCNC(=O)C(=O)C(CC1CCC1)NC(=O)C1C2C(CN1C(=O)C(NC(=O)C(NC(=O)c1cnccn1)C1CCCCC1)C(C)(C)C)C2(C)C. The molecule has 13 heteroatoms. The number of piperidine rings is 1. The third-order valence-corrected chi connectivity index (χ3v) is 11.7. The molecule has 4 N–H and O–H groups in total. The molecule has 0 radical (unpaired) electrons. The summed E-state index contributed by atoms with van der Waals surface area (Å²) in [6, 6.07) is -3.80. The van der Waals surface area contributed by atoms with E-state index in [1.165, 1.54) is 24.7 Å². The van der Waals surface area contributed by atoms with Crippen molar-refractivity contribution < 1.29 is 28.8 Å². The summed E-state index contributed by atoms with van der Waals surface area (Å²) in [4.78, 5) is 91.9. The maximum absolute atomic E-state index is 14.6. The van der Waals surface area contributed by atoms with Crippen LogP contribution in [0.4, 0.5) is 0 Å². The van der Waals surface area contributed by atoms with Crippen LogP contribution >= 0.6 is 0 Å². The van der Waals surface area contributed by atoms with Crippen LogP contribution in [-0.4, -0.2) is 87.4 Å². The van der Waals surface area contributed by atoms with E-state index in [4.69, 9.17) is 0 Å². The van der Waals surface area contributed by atoms with Crippen molar-refractivity contribution in [2.45, 2.75) is 117 Å². The van der Waals surface area contributed by atoms with Crippen molar-refractivity contribution >= 4 is 35.3 Å². The number of Topliss-reactive ketones (excluding diaryl/α,β-unsaturated/α-hetero) is 1. The minimum Gasteiger partial charge on any atom is -0.346 e. The Morgan fingerprint density at radius 3 is 2.27 bits per heavy atom. The molecular formula is C38H55N7O6. The number of carbonyl (C=O) groups is 6. The summed E-state index contributed by atoms with van der Waals surface area (Å²) in [5.74, 6) is -3.31. The van der Waals surface area contributed by atoms with Crippen molar-refractivity contribution in [1.29, 1.82) is 0 Å². The zero-order valence-corrected chi connectivity index (χ0v) is 30.7. The van der Waals surface area contributed by atoms with Gasteiger partial charge in [0.25, 0.3) is 11.8 Å². The van der Waals surface area contributed by atoms with Crippen LogP contribution in [0.2, 0.25) is 0 Å². The van der Waals surface area contributed by atoms with Gasteiger partial charge in [-0.2, -0.15) is 0 Å². The van der Waals surface area contributed by atoms with E-state index >= 15 is 0 Å². The van der Waals surface area contributed by atoms with Crippen LogP contribution < -0.4 is 21.3 Å². The summed E-state index contributed by atoms with van der Waals surface area (Å²) in [6.07, 6.45) is 13.4. The van der Waals surface area contributed by atoms with Gasteiger partial charge in [-0.3, -0.25) is 33.8 Å². The van der Waals surface area contributed by atoms with Crippen molar-refractivity contribution in [2.24, 2.45) is 34.5 Å². The first kappa shape index (κ1) is 38.1. The Morgan fingerprint density at radius 1 is 0.980 bits per heavy atom. The van der Waals surface area contributed by atoms with E-state index < -0.39 is 64.9 Å². The van der Waals surface area contributed by atoms with Crippen LogP contribution in [0, 0.1) is 34.5 Å². The summed E-state index contributed by atoms with van der Waals surface area (Å²) in [5, 5.41) is 11.3. The van der Waals surface area contributed by atoms with Crippen LogP contribution in [0.25, 0.3) is 0 Å². The fraction of sp³-hybridized carbons (Fsp3) is 0.684. The second-order valence-corrected chi connectivity index (χ2v) is 16.6. The zero-order valence-electron chi connectivity index (χ0n) is 30.7. The largest absolute Gasteiger partial charge is 0.346 e. The van der Waals surface area contributed by atoms with Crippen LogP contribution in [0.3, 0.4) is 0 Å². The van der Waals surface area contributed by atoms with E-state index in [9.17, 15) is 28.8 Å². The standard InChI is InChI=1S/C38H55N7O6/c1-7-16-41-35(50)30(46)25(19-22-12-11-13-22)42-34(49)29-27-24(38(27,5)6)21-45(29)36(51)31(37(2,3)4)44-33(48)28(23-14-9-8-10-15-23)43-32(47)26-20-39-17-18-40-26/h7,17-18,20,22-25,27-29,31H,1,8-16,19,21H2,2-6H3,(H,41,50)(H,42,49)(H,43,47)(H,44,48). The Balaban J connectivity index is 1.37. The van der Waals surface area contributed by atoms with Gasteiger partial charge < -0.3 is 26.2 Å². The molecule has 4 fully saturated rings. The Labute approximate surface area is 300 Å². The Bertz CT molecular complexity index is 1500. The first-order chi connectivity index (χ1) is 24.1. The van der Waals surface area contributed by atoms with Crippen molar-refractivity contribution in [3.05, 3.63) is 36.9 Å². The number of hydrogen-bond acceptors (Lipinski definition) is 8. The topological polar surface area (TPSA) is 180 Å². The predicted octanol–water partition coefficient (Wildman–Crippen LogP) is 2.72. The molecule has 1 aromatic heterocycles. The van der Waals surface area contributed by atoms with Gasteiger partial charge in [0.15, 0.2) is 0 Å². The van der Waals surface area contributed by atoms with Gasteiger partial charge in [-0.15, -0.1) is 6.58 Å². The first-order valence-corrected chi connectivity index (χ1v) is 18.6. The smallest absolute Gasteiger partial charge is 0.289 e. The molecule has 3 saturated carbocycles. The summed E-state index contributed by atoms with van der Waals surface area (Å²) >= 11 is 0. The van der Waals surface area contributed by atoms with Crippen molar-refractivity contribution in [2.75, 3.05) is 13.1 Å². The van der Waals surface area contributed by atoms with Gasteiger partial charge in [0, 0.05) is 25.5 Å². The molecule has 13 nitrogen and oxygen atoms in total. The molecule has 2 heterocycles. The Morgan fingerprint density at radius 2 is 1.69 bits per heavy atom. The third-order valence-electron chi connectivity index (χ3n) is 11.7. The molecule has 1 aliphatic heterocycles. The molecule has 6 atom stereocenters. The monoisotopic (exact) mass is 705 g/mol. The molecule has 1 saturated heterocycles. The van der Waals surface area contributed by atoms with Crippen molar-refractivity contribution in [1.82, 2.24) is 36.1 Å². The average molecular weight is 706 g/mol. The molecule has 4 aliphatic rings. The number of fused-ring (bicyclic) bond motifs is 1. The van der Waals surface area contributed by atoms with Gasteiger partial charge in [-0.25, -0.2) is 4.98 Å². The van der Waals surface area contributed by atoms with E-state index in [2.05, 4.69) is 51.7 Å². The average Bonchev–Trinajstić information content (AvgIpc) is 3.39. The van der Waals surface area contributed by atoms with Crippen LogP contribution in [-0.2, 0) is 24.0 Å². The second kappa shape index (κ2) is 15.6. The van der Waals surface area contributed by atoms with Crippen LogP contribution in [0.5, 0.6) is 0 Å². The maximum atomic E-state index is 14.6. The fourth-order valence-electron chi connectivity index (χ4n) is 8.32. The molecule has 1 aromatic rings. The third kappa shape index (κ3) is 8.49. The lowest BCUT2D eigenvalue weighted by Gasteiger charge is -2.39. The number of carbonyl (C=O) groups excluding carboxylic acids is 6. The van der Waals surface area contributed by atoms with Gasteiger partial charge in [-0.1, -0.05) is 79.2 Å². The second-order valence-electron chi connectivity index (χ2n) is 16.6. The van der Waals surface area contributed by atoms with E-state index in [1.807, 2.05) is 20.8 Å². The minimum absolute atomic E-state index is 0.0615. The van der Waals surface area contributed by atoms with E-state index in [0.29, 0.717) is 13.0 Å². The highest BCUT2D eigenvalue weighted by atomic mass is 16.2. The summed E-state index contributed by atoms with van der Waals surface area (Å²) in [7, 11) is 0. The van der Waals surface area contributed by atoms with Crippen molar-refractivity contribution in [3.63, 3.8) is 0 Å². The predicted molar refractivity (Wildman–Crippen MR) is 190 cm³/mol. The molecule has 0 spiro atoms. The van der Waals surface area contributed by atoms with Gasteiger partial charge in [0.1, 0.15) is 23.8 Å². The number of amides is 5. The summed E-state index contributed by atoms with van der Waals surface area (Å²) in [6.45, 7) is 13.7. The Hall–Kier alpha value is -4.16. The van der Waals surface area contributed by atoms with Gasteiger partial charge in [0.2, 0.25) is 23.5 Å². The Kier molecular flexibility index (Phi) is 11.7. The summed E-state index contributed by atoms with van der Waals surface area (Å²) in [5.41, 5.74) is -0.867. The molecule has 0 aromatic carbocycles. The highest BCUT2D eigenvalue weighted by Crippen LogP contribution is 2.65. The number of aromatic nitrogens is 2. The molecule has 51 heavy (non-hydrogen) atoms. The minimum atomic E-state index is -1.02. The number of ketones is 1. The zero-order chi connectivity index (χ0) is 37.1. The lowest BCUT2D eigenvalue weighted by atomic mass is 9.80. The maximum Gasteiger partial charge on any atom is 0.289 e. The number of hydrogen-bond donors (Lipinski definition) is 4. The highest BCUT2D eigenvalue weighted by molar-refractivity contribution is 6.38. The highest BCUT2D eigenvalue weighted by Gasteiger charge is 2.70. The van der Waals surface area contributed by atoms with E-state index in [0.717, 1.165) is 51.4 Å². The normalized spacial score (nSPS) is 24.5. The molecule has 5 rings (SSSR count). The number of nitrogens with one attached hydrogen (secondary N) is 4. The molecule has 278 valence electrons. The molecule has 3 aliphatic carbocycles. The summed E-state index contributed by atoms with van der Waals surface area (Å²) < 4.78 is 0.